The van der Waals surface area contributed by atoms with Gasteiger partial charge in [0, 0.05) is 35.8 Å². The molecule has 11 nitrogen and oxygen atoms in total. The Morgan fingerprint density at radius 1 is 0.803 bits per heavy atom. The van der Waals surface area contributed by atoms with Gasteiger partial charge in [-0.2, -0.15) is 4.39 Å². The summed E-state index contributed by atoms with van der Waals surface area (Å²) in [5, 5.41) is -0.666. The SMILES string of the molecule is CC(C)(C)[P+](CCCS(=O)(=O)O)(C(C)(C)C)[Pd-2]([Cl])([Cl])[P+](CCCS(=O)(=O)O)(C(C)(C)C)C(C)(C)C.CC(C)c1nc2cc(F)c(-c3ccc(F)nc3)cc2c2[nH]c(=O)n(C)c12. The van der Waals surface area contributed by atoms with Gasteiger partial charge in [0.15, 0.2) is 0 Å². The molecule has 0 fully saturated rings. The Labute approximate surface area is 373 Å². The van der Waals surface area contributed by atoms with E-state index in [2.05, 4.69) is 98.0 Å². The number of hydrogen-bond acceptors (Lipinski definition) is 7. The van der Waals surface area contributed by atoms with Crippen LogP contribution < -0.4 is 5.69 Å². The Morgan fingerprint density at radius 2 is 1.25 bits per heavy atom. The molecular weight excluding hydrogens is 1000 g/mol. The summed E-state index contributed by atoms with van der Waals surface area (Å²) < 4.78 is 94.9. The number of H-pyrrole nitrogens is 1. The van der Waals surface area contributed by atoms with Gasteiger partial charge in [0.05, 0.1) is 22.2 Å². The molecule has 3 N–H and O–H groups in total. The zero-order chi connectivity index (χ0) is 47.3. The molecule has 0 atom stereocenters. The third kappa shape index (κ3) is 11.1. The second kappa shape index (κ2) is 18.6. The fourth-order valence-electron chi connectivity index (χ4n) is 8.85. The van der Waals surface area contributed by atoms with Crippen LogP contribution in [0.2, 0.25) is 0 Å². The summed E-state index contributed by atoms with van der Waals surface area (Å²) in [7, 11) is 9.41. The minimum absolute atomic E-state index is 0.0623. The van der Waals surface area contributed by atoms with Crippen LogP contribution in [0.15, 0.2) is 35.3 Å². The van der Waals surface area contributed by atoms with Crippen molar-refractivity contribution in [2.45, 2.75) is 136 Å². The Balaban J connectivity index is 0.000000336. The van der Waals surface area contributed by atoms with Crippen molar-refractivity contribution in [2.24, 2.45) is 7.05 Å². The third-order valence-electron chi connectivity index (χ3n) is 10.9. The fraction of sp³-hybridized carbons (Fsp3) is 0.634. The van der Waals surface area contributed by atoms with E-state index < -0.39 is 55.4 Å². The Morgan fingerprint density at radius 3 is 1.61 bits per heavy atom. The molecule has 61 heavy (non-hydrogen) atoms. The Hall–Kier alpha value is -1.17. The first-order chi connectivity index (χ1) is 27.3. The van der Waals surface area contributed by atoms with Gasteiger partial charge in [-0.05, 0) is 24.1 Å². The van der Waals surface area contributed by atoms with Gasteiger partial charge in [-0.3, -0.25) is 9.55 Å². The molecule has 0 unspecified atom stereocenters. The molecule has 0 aliphatic carbocycles. The van der Waals surface area contributed by atoms with E-state index in [0.717, 1.165) is 5.69 Å². The number of aromatic amines is 1. The molecule has 352 valence electrons. The summed E-state index contributed by atoms with van der Waals surface area (Å²) in [6.45, 7) is 29.7. The molecule has 0 saturated carbocycles. The number of pyridine rings is 2. The Kier molecular flexibility index (Phi) is 16.5. The van der Waals surface area contributed by atoms with Crippen LogP contribution in [0, 0.1) is 11.8 Å². The van der Waals surface area contributed by atoms with Crippen LogP contribution in [0.4, 0.5) is 8.78 Å². The van der Waals surface area contributed by atoms with Crippen molar-refractivity contribution in [3.8, 4) is 11.1 Å². The smallest absolute Gasteiger partial charge is 0.305 e. The van der Waals surface area contributed by atoms with Gasteiger partial charge in [0.1, 0.15) is 5.82 Å². The van der Waals surface area contributed by atoms with Crippen molar-refractivity contribution in [2.75, 3.05) is 23.8 Å². The largest absolute Gasteiger partial charge is 0.326 e. The molecule has 3 aromatic heterocycles. The number of nitrogens with zero attached hydrogens (tertiary/aromatic N) is 3. The first kappa shape index (κ1) is 54.2. The maximum atomic E-state index is 14.7. The summed E-state index contributed by atoms with van der Waals surface area (Å²) in [4.78, 5) is 23.2. The van der Waals surface area contributed by atoms with Crippen molar-refractivity contribution in [1.82, 2.24) is 19.5 Å². The fourth-order valence-corrected chi connectivity index (χ4v) is 91.5. The van der Waals surface area contributed by atoms with Crippen LogP contribution in [-0.4, -0.2) is 89.9 Å². The molecule has 3 heterocycles. The van der Waals surface area contributed by atoms with Gasteiger partial charge in [-0.25, -0.2) is 14.2 Å². The van der Waals surface area contributed by atoms with Crippen molar-refractivity contribution in [1.29, 1.82) is 0 Å². The first-order valence-corrected chi connectivity index (χ1v) is 34.9. The molecule has 4 rings (SSSR count). The number of halogens is 4. The van der Waals surface area contributed by atoms with Gasteiger partial charge in [-0.1, -0.05) is 13.8 Å². The molecule has 1 aromatic carbocycles. The number of aromatic nitrogens is 4. The monoisotopic (exact) mass is 1070 g/mol. The van der Waals surface area contributed by atoms with E-state index in [9.17, 15) is 39.5 Å². The number of imidazole rings is 1. The van der Waals surface area contributed by atoms with Crippen LogP contribution in [0.3, 0.4) is 0 Å². The molecule has 0 radical (unpaired) electrons. The minimum Gasteiger partial charge on any atom is -0.305 e. The molecule has 0 amide bonds. The number of nitrogens with one attached hydrogen (secondary N) is 1. The van der Waals surface area contributed by atoms with Gasteiger partial charge >= 0.3 is 235 Å². The zero-order valence-electron chi connectivity index (χ0n) is 38.0. The summed E-state index contributed by atoms with van der Waals surface area (Å²) in [6, 6.07) is 5.60. The van der Waals surface area contributed by atoms with Crippen molar-refractivity contribution in [3.63, 3.8) is 0 Å². The first-order valence-electron chi connectivity index (χ1n) is 19.9. The van der Waals surface area contributed by atoms with E-state index in [1.54, 1.807) is 13.1 Å². The molecule has 0 aliphatic rings. The zero-order valence-corrected chi connectivity index (χ0v) is 44.5. The topological polar surface area (TPSA) is 172 Å². The van der Waals surface area contributed by atoms with Crippen molar-refractivity contribution < 1.29 is 47.2 Å². The quantitative estimate of drug-likeness (QED) is 0.0540. The maximum absolute atomic E-state index is 14.7. The van der Waals surface area contributed by atoms with Crippen molar-refractivity contribution >= 4 is 72.1 Å². The average Bonchev–Trinajstić information content (AvgIpc) is 3.34. The van der Waals surface area contributed by atoms with Crippen LogP contribution in [0.1, 0.15) is 121 Å². The number of rotatable bonds is 12. The summed E-state index contributed by atoms with van der Waals surface area (Å²) in [5.74, 6) is -1.74. The molecular formula is C41H66Cl2F2N4O7P2PdS2. The second-order valence-electron chi connectivity index (χ2n) is 19.7. The number of benzene rings is 1. The van der Waals surface area contributed by atoms with Gasteiger partial charge < -0.3 is 4.98 Å². The van der Waals surface area contributed by atoms with Crippen LogP contribution >= 0.6 is 30.0 Å². The summed E-state index contributed by atoms with van der Waals surface area (Å²) >= 11 is -3.55. The molecule has 4 aromatic rings. The average molecular weight is 1070 g/mol. The predicted molar refractivity (Wildman–Crippen MR) is 252 cm³/mol. The molecule has 0 saturated heterocycles. The number of fused-ring (bicyclic) bond motifs is 3. The van der Waals surface area contributed by atoms with Crippen molar-refractivity contribution in [3.05, 3.63) is 58.4 Å². The molecule has 0 spiro atoms. The summed E-state index contributed by atoms with van der Waals surface area (Å²) in [5.41, 5.74) is -1.85. The Bertz CT molecular complexity index is 2410. The van der Waals surface area contributed by atoms with E-state index >= 15 is 0 Å². The van der Waals surface area contributed by atoms with Gasteiger partial charge in [-0.15, -0.1) is 0 Å². The number of aryl methyl sites for hydroxylation is 1. The van der Waals surface area contributed by atoms with Crippen LogP contribution in [0.25, 0.3) is 33.1 Å². The summed E-state index contributed by atoms with van der Waals surface area (Å²) in [6.07, 6.45) is 2.85. The van der Waals surface area contributed by atoms with E-state index in [-0.39, 0.29) is 62.1 Å². The predicted octanol–water partition coefficient (Wildman–Crippen LogP) is 11.9. The number of hydrogen-bond donors (Lipinski definition) is 3. The second-order valence-corrected chi connectivity index (χ2v) is 55.7. The normalized spacial score (nSPS) is 14.5. The van der Waals surface area contributed by atoms with E-state index in [0.29, 0.717) is 39.8 Å². The van der Waals surface area contributed by atoms with Gasteiger partial charge in [0.2, 0.25) is 5.95 Å². The van der Waals surface area contributed by atoms with E-state index in [4.69, 9.17) is 19.1 Å². The van der Waals surface area contributed by atoms with Gasteiger partial charge in [0.25, 0.3) is 0 Å². The third-order valence-corrected chi connectivity index (χ3v) is 67.5. The molecule has 0 aliphatic heterocycles. The molecule has 20 heteroatoms. The maximum Gasteiger partial charge on any atom is 0.326 e. The van der Waals surface area contributed by atoms with E-state index in [1.165, 1.54) is 29.0 Å². The van der Waals surface area contributed by atoms with E-state index in [1.807, 2.05) is 13.8 Å². The molecule has 0 bridgehead atoms. The minimum atomic E-state index is -4.14. The van der Waals surface area contributed by atoms with Crippen LogP contribution in [-0.2, 0) is 39.8 Å². The van der Waals surface area contributed by atoms with Crippen LogP contribution in [0.5, 0.6) is 0 Å². The standard InChI is InChI=1S/C19H16F2N4O.2C11H25O3PS.2ClH.Pd/c1-9(2)16-18-17(24-19(26)25(18)3)12-6-11(13(20)7-14(12)23-16)10-4-5-15(21)22-8-10;2*1-10(2,3)15(11(4,5)6)8-7-9-16(12,13)14;;;/h4-9H,1-3H3,(H,24,26);2*7-9H2,1-6H3,(H,12,13,14);2*1H;/q;;;;;+2/p-2.